The van der Waals surface area contributed by atoms with Crippen molar-refractivity contribution in [2.24, 2.45) is 0 Å². The van der Waals surface area contributed by atoms with Crippen LogP contribution in [-0.2, 0) is 0 Å². The first-order valence-corrected chi connectivity index (χ1v) is 5.27. The number of aromatic nitrogens is 2. The molecule has 0 fully saturated rings. The van der Waals surface area contributed by atoms with Gasteiger partial charge < -0.3 is 0 Å². The van der Waals surface area contributed by atoms with Crippen LogP contribution in [0.5, 0.6) is 0 Å². The van der Waals surface area contributed by atoms with E-state index >= 15 is 0 Å². The molecule has 2 nitrogen and oxygen atoms in total. The second kappa shape index (κ2) is 4.33. The van der Waals surface area contributed by atoms with Crippen molar-refractivity contribution < 1.29 is 0 Å². The van der Waals surface area contributed by atoms with Gasteiger partial charge in [0.1, 0.15) is 5.52 Å². The molecule has 0 aliphatic heterocycles. The van der Waals surface area contributed by atoms with Crippen molar-refractivity contribution in [3.05, 3.63) is 22.7 Å². The zero-order valence-electron chi connectivity index (χ0n) is 8.46. The highest BCUT2D eigenvalue weighted by atomic mass is 32.1. The van der Waals surface area contributed by atoms with Crippen molar-refractivity contribution in [3.8, 4) is 0 Å². The first kappa shape index (κ1) is 10.1. The molecule has 2 rings (SSSR count). The van der Waals surface area contributed by atoms with Crippen LogP contribution < -0.4 is 0 Å². The summed E-state index contributed by atoms with van der Waals surface area (Å²) in [6.07, 6.45) is 1.80. The van der Waals surface area contributed by atoms with Gasteiger partial charge in [0.25, 0.3) is 0 Å². The fraction of sp³-hybridized carbons (Fsp3) is 0.400. The molecule has 0 aromatic carbocycles. The molecule has 70 valence electrons. The van der Waals surface area contributed by atoms with E-state index in [0.717, 1.165) is 5.52 Å². The predicted molar refractivity (Wildman–Crippen MR) is 58.2 cm³/mol. The number of thiophene rings is 1. The molecular formula is C10H14N2S. The van der Waals surface area contributed by atoms with Gasteiger partial charge in [0.05, 0.1) is 10.9 Å². The SMILES string of the molecule is CC.Cc1cc2nncc(C)c2s1. The minimum Gasteiger partial charge on any atom is -0.158 e. The highest BCUT2D eigenvalue weighted by Gasteiger charge is 2.01. The Labute approximate surface area is 82.6 Å². The van der Waals surface area contributed by atoms with Crippen LogP contribution in [0.4, 0.5) is 0 Å². The fourth-order valence-corrected chi connectivity index (χ4v) is 2.00. The van der Waals surface area contributed by atoms with Gasteiger partial charge in [-0.25, -0.2) is 0 Å². The second-order valence-electron chi connectivity index (χ2n) is 2.60. The molecule has 0 radical (unpaired) electrons. The van der Waals surface area contributed by atoms with E-state index < -0.39 is 0 Å². The van der Waals surface area contributed by atoms with Gasteiger partial charge in [0.2, 0.25) is 0 Å². The van der Waals surface area contributed by atoms with E-state index in [2.05, 4.69) is 30.1 Å². The van der Waals surface area contributed by atoms with Crippen LogP contribution in [0.1, 0.15) is 24.3 Å². The van der Waals surface area contributed by atoms with Crippen molar-refractivity contribution in [2.75, 3.05) is 0 Å². The molecule has 2 heterocycles. The van der Waals surface area contributed by atoms with E-state index in [1.807, 2.05) is 13.8 Å². The number of fused-ring (bicyclic) bond motifs is 1. The zero-order valence-corrected chi connectivity index (χ0v) is 9.27. The average Bonchev–Trinajstić information content (AvgIpc) is 2.51. The van der Waals surface area contributed by atoms with Crippen LogP contribution in [0.25, 0.3) is 10.2 Å². The smallest absolute Gasteiger partial charge is 0.104 e. The predicted octanol–water partition coefficient (Wildman–Crippen LogP) is 3.33. The van der Waals surface area contributed by atoms with Gasteiger partial charge >= 0.3 is 0 Å². The van der Waals surface area contributed by atoms with Crippen LogP contribution in [0.15, 0.2) is 12.3 Å². The molecule has 0 saturated heterocycles. The Morgan fingerprint density at radius 3 is 2.54 bits per heavy atom. The first-order chi connectivity index (χ1) is 6.27. The Hall–Kier alpha value is -0.960. The maximum Gasteiger partial charge on any atom is 0.104 e. The van der Waals surface area contributed by atoms with E-state index in [4.69, 9.17) is 0 Å². The van der Waals surface area contributed by atoms with Gasteiger partial charge in [-0.2, -0.15) is 5.10 Å². The zero-order chi connectivity index (χ0) is 9.84. The maximum atomic E-state index is 4.02. The van der Waals surface area contributed by atoms with Crippen LogP contribution >= 0.6 is 11.3 Å². The van der Waals surface area contributed by atoms with Gasteiger partial charge in [-0.05, 0) is 25.5 Å². The van der Waals surface area contributed by atoms with Gasteiger partial charge in [0.15, 0.2) is 0 Å². The lowest BCUT2D eigenvalue weighted by Crippen LogP contribution is -1.80. The van der Waals surface area contributed by atoms with Crippen LogP contribution in [0.3, 0.4) is 0 Å². The quantitative estimate of drug-likeness (QED) is 0.643. The van der Waals surface area contributed by atoms with E-state index in [0.29, 0.717) is 0 Å². The summed E-state index contributed by atoms with van der Waals surface area (Å²) in [6, 6.07) is 2.07. The maximum absolute atomic E-state index is 4.02. The molecule has 3 heteroatoms. The molecule has 0 unspecified atom stereocenters. The molecule has 0 spiro atoms. The number of nitrogens with zero attached hydrogens (tertiary/aromatic N) is 2. The summed E-state index contributed by atoms with van der Waals surface area (Å²) < 4.78 is 1.26. The van der Waals surface area contributed by atoms with Crippen molar-refractivity contribution in [3.63, 3.8) is 0 Å². The first-order valence-electron chi connectivity index (χ1n) is 4.46. The van der Waals surface area contributed by atoms with E-state index in [9.17, 15) is 0 Å². The standard InChI is InChI=1S/C8H8N2S.C2H6/c1-5-4-9-10-7-3-6(2)11-8(5)7;1-2/h3-4H,1-2H3;1-2H3. The molecule has 2 aromatic heterocycles. The Kier molecular flexibility index (Phi) is 3.37. The van der Waals surface area contributed by atoms with Crippen molar-refractivity contribution in [1.29, 1.82) is 0 Å². The van der Waals surface area contributed by atoms with Crippen molar-refractivity contribution in [2.45, 2.75) is 27.7 Å². The van der Waals surface area contributed by atoms with Crippen LogP contribution in [0, 0.1) is 13.8 Å². The molecular weight excluding hydrogens is 180 g/mol. The Balaban J connectivity index is 0.000000396. The molecule has 0 N–H and O–H groups in total. The third-order valence-electron chi connectivity index (χ3n) is 1.61. The highest BCUT2D eigenvalue weighted by Crippen LogP contribution is 2.24. The average molecular weight is 194 g/mol. The number of hydrogen-bond acceptors (Lipinski definition) is 3. The molecule has 0 saturated carbocycles. The number of aryl methyl sites for hydroxylation is 2. The molecule has 0 aliphatic carbocycles. The minimum absolute atomic E-state index is 1.02. The van der Waals surface area contributed by atoms with Crippen LogP contribution in [-0.4, -0.2) is 10.2 Å². The van der Waals surface area contributed by atoms with E-state index in [1.165, 1.54) is 15.1 Å². The summed E-state index contributed by atoms with van der Waals surface area (Å²) >= 11 is 1.78. The summed E-state index contributed by atoms with van der Waals surface area (Å²) in [5.41, 5.74) is 2.24. The fourth-order valence-electron chi connectivity index (χ4n) is 1.09. The Bertz CT molecular complexity index is 393. The van der Waals surface area contributed by atoms with Gasteiger partial charge in [-0.15, -0.1) is 16.4 Å². The molecule has 13 heavy (non-hydrogen) atoms. The number of hydrogen-bond donors (Lipinski definition) is 0. The van der Waals surface area contributed by atoms with Crippen LogP contribution in [0.2, 0.25) is 0 Å². The molecule has 2 aromatic rings. The lowest BCUT2D eigenvalue weighted by atomic mass is 10.3. The third kappa shape index (κ3) is 2.04. The lowest BCUT2D eigenvalue weighted by molar-refractivity contribution is 1.06. The largest absolute Gasteiger partial charge is 0.158 e. The van der Waals surface area contributed by atoms with E-state index in [-0.39, 0.29) is 0 Å². The van der Waals surface area contributed by atoms with Gasteiger partial charge in [0, 0.05) is 4.88 Å². The molecule has 0 atom stereocenters. The second-order valence-corrected chi connectivity index (χ2v) is 3.86. The molecule has 0 bridgehead atoms. The van der Waals surface area contributed by atoms with Gasteiger partial charge in [-0.1, -0.05) is 13.8 Å². The highest BCUT2D eigenvalue weighted by molar-refractivity contribution is 7.19. The topological polar surface area (TPSA) is 25.8 Å². The summed E-state index contributed by atoms with van der Waals surface area (Å²) in [7, 11) is 0. The minimum atomic E-state index is 1.02. The van der Waals surface area contributed by atoms with Crippen molar-refractivity contribution >= 4 is 21.6 Å². The Morgan fingerprint density at radius 2 is 1.92 bits per heavy atom. The van der Waals surface area contributed by atoms with Crippen molar-refractivity contribution in [1.82, 2.24) is 10.2 Å². The summed E-state index contributed by atoms with van der Waals surface area (Å²) in [5, 5.41) is 7.91. The summed E-state index contributed by atoms with van der Waals surface area (Å²) in [6.45, 7) is 8.15. The summed E-state index contributed by atoms with van der Waals surface area (Å²) in [5.74, 6) is 0. The lowest BCUT2D eigenvalue weighted by Gasteiger charge is -1.89. The van der Waals surface area contributed by atoms with Gasteiger partial charge in [-0.3, -0.25) is 0 Å². The number of rotatable bonds is 0. The summed E-state index contributed by atoms with van der Waals surface area (Å²) in [4.78, 5) is 1.30. The molecule has 0 aliphatic rings. The normalized spacial score (nSPS) is 9.54. The molecule has 0 amide bonds. The Morgan fingerprint density at radius 1 is 1.23 bits per heavy atom. The van der Waals surface area contributed by atoms with E-state index in [1.54, 1.807) is 17.5 Å². The third-order valence-corrected chi connectivity index (χ3v) is 2.79. The monoisotopic (exact) mass is 194 g/mol.